The van der Waals surface area contributed by atoms with Crippen LogP contribution in [-0.2, 0) is 15.7 Å². The van der Waals surface area contributed by atoms with E-state index in [1.54, 1.807) is 0 Å². The molecule has 1 N–H and O–H groups in total. The molecule has 0 saturated carbocycles. The molecule has 3 nitrogen and oxygen atoms in total. The van der Waals surface area contributed by atoms with Crippen molar-refractivity contribution in [2.75, 3.05) is 13.2 Å². The molecule has 1 aliphatic heterocycles. The molecule has 1 heterocycles. The quantitative estimate of drug-likeness (QED) is 0.787. The highest BCUT2D eigenvalue weighted by atomic mass is 19.4. The van der Waals surface area contributed by atoms with E-state index in [0.29, 0.717) is 6.07 Å². The molecule has 1 unspecified atom stereocenters. The van der Waals surface area contributed by atoms with E-state index < -0.39 is 23.7 Å². The molecule has 7 heteroatoms. The Bertz CT molecular complexity index is 463. The van der Waals surface area contributed by atoms with E-state index in [-0.39, 0.29) is 24.6 Å². The van der Waals surface area contributed by atoms with Gasteiger partial charge in [0.05, 0.1) is 5.56 Å². The Balaban J connectivity index is 2.27. The molecule has 1 fully saturated rings. The monoisotopic (exact) mass is 263 g/mol. The van der Waals surface area contributed by atoms with Gasteiger partial charge in [-0.2, -0.15) is 13.2 Å². The van der Waals surface area contributed by atoms with Crippen LogP contribution in [0.1, 0.15) is 17.2 Å². The van der Waals surface area contributed by atoms with E-state index in [2.05, 4.69) is 5.32 Å². The minimum Gasteiger partial charge on any atom is -0.362 e. The predicted octanol–water partition coefficient (Wildman–Crippen LogP) is 2.03. The number of alkyl halides is 3. The molecule has 1 atom stereocenters. The van der Waals surface area contributed by atoms with Crippen molar-refractivity contribution in [1.29, 1.82) is 0 Å². The van der Waals surface area contributed by atoms with Crippen molar-refractivity contribution < 1.29 is 27.1 Å². The van der Waals surface area contributed by atoms with Gasteiger partial charge in [-0.25, -0.2) is 4.39 Å². The summed E-state index contributed by atoms with van der Waals surface area (Å²) in [4.78, 5) is 10.8. The van der Waals surface area contributed by atoms with Crippen LogP contribution in [0.15, 0.2) is 18.2 Å². The average molecular weight is 263 g/mol. The minimum atomic E-state index is -4.75. The highest BCUT2D eigenvalue weighted by Crippen LogP contribution is 2.33. The van der Waals surface area contributed by atoms with Crippen LogP contribution in [0.4, 0.5) is 17.6 Å². The number of morpholine rings is 1. The van der Waals surface area contributed by atoms with Crippen molar-refractivity contribution >= 4 is 5.91 Å². The lowest BCUT2D eigenvalue weighted by molar-refractivity contribution is -0.140. The lowest BCUT2D eigenvalue weighted by Gasteiger charge is -2.24. The van der Waals surface area contributed by atoms with Gasteiger partial charge in [-0.05, 0) is 17.7 Å². The normalized spacial score (nSPS) is 20.7. The first-order chi connectivity index (χ1) is 8.38. The first kappa shape index (κ1) is 12.8. The Morgan fingerprint density at radius 1 is 1.33 bits per heavy atom. The summed E-state index contributed by atoms with van der Waals surface area (Å²) in [5, 5.41) is 2.46. The van der Waals surface area contributed by atoms with Gasteiger partial charge in [0.25, 0.3) is 0 Å². The third kappa shape index (κ3) is 2.61. The molecule has 2 rings (SSSR count). The fourth-order valence-corrected chi connectivity index (χ4v) is 1.67. The van der Waals surface area contributed by atoms with Gasteiger partial charge < -0.3 is 10.1 Å². The standard InChI is InChI=1S/C11H9F4NO2/c12-8-2-1-6(3-7(8)11(13,14)15)9-4-16-10(17)5-18-9/h1-3,9H,4-5H2,(H,16,17). The highest BCUT2D eigenvalue weighted by molar-refractivity contribution is 5.77. The van der Waals surface area contributed by atoms with E-state index in [1.165, 1.54) is 6.07 Å². The molecule has 18 heavy (non-hydrogen) atoms. The number of ether oxygens (including phenoxy) is 1. The lowest BCUT2D eigenvalue weighted by Crippen LogP contribution is -2.38. The van der Waals surface area contributed by atoms with Crippen molar-refractivity contribution in [3.63, 3.8) is 0 Å². The zero-order chi connectivity index (χ0) is 13.3. The molecule has 1 aromatic carbocycles. The van der Waals surface area contributed by atoms with Crippen LogP contribution < -0.4 is 5.32 Å². The van der Waals surface area contributed by atoms with Gasteiger partial charge >= 0.3 is 6.18 Å². The molecule has 0 radical (unpaired) electrons. The summed E-state index contributed by atoms with van der Waals surface area (Å²) in [6, 6.07) is 2.67. The van der Waals surface area contributed by atoms with Crippen molar-refractivity contribution in [2.45, 2.75) is 12.3 Å². The molecule has 1 saturated heterocycles. The molecule has 1 aliphatic rings. The summed E-state index contributed by atoms with van der Waals surface area (Å²) in [6.07, 6.45) is -5.44. The summed E-state index contributed by atoms with van der Waals surface area (Å²) >= 11 is 0. The number of carbonyl (C=O) groups excluding carboxylic acids is 1. The lowest BCUT2D eigenvalue weighted by atomic mass is 10.0. The second-order valence-electron chi connectivity index (χ2n) is 3.84. The molecule has 0 aromatic heterocycles. The molecule has 0 aliphatic carbocycles. The zero-order valence-corrected chi connectivity index (χ0v) is 9.05. The SMILES string of the molecule is O=C1COC(c2ccc(F)c(C(F)(F)F)c2)CN1. The fourth-order valence-electron chi connectivity index (χ4n) is 1.67. The predicted molar refractivity (Wildman–Crippen MR) is 53.1 cm³/mol. The largest absolute Gasteiger partial charge is 0.419 e. The first-order valence-electron chi connectivity index (χ1n) is 5.13. The van der Waals surface area contributed by atoms with Crippen LogP contribution in [0.3, 0.4) is 0 Å². The molecular weight excluding hydrogens is 254 g/mol. The Hall–Kier alpha value is -1.63. The smallest absolute Gasteiger partial charge is 0.362 e. The second-order valence-corrected chi connectivity index (χ2v) is 3.84. The number of nitrogens with one attached hydrogen (secondary N) is 1. The van der Waals surface area contributed by atoms with E-state index in [9.17, 15) is 22.4 Å². The van der Waals surface area contributed by atoms with Crippen LogP contribution in [-0.4, -0.2) is 19.1 Å². The summed E-state index contributed by atoms with van der Waals surface area (Å²) < 4.78 is 55.7. The Kier molecular flexibility index (Phi) is 3.25. The van der Waals surface area contributed by atoms with Crippen LogP contribution in [0.2, 0.25) is 0 Å². The minimum absolute atomic E-state index is 0.0712. The number of carbonyl (C=O) groups is 1. The van der Waals surface area contributed by atoms with Gasteiger partial charge in [-0.3, -0.25) is 4.79 Å². The van der Waals surface area contributed by atoms with Gasteiger partial charge in [0.15, 0.2) is 0 Å². The third-order valence-electron chi connectivity index (χ3n) is 2.57. The number of hydrogen-bond donors (Lipinski definition) is 1. The van der Waals surface area contributed by atoms with E-state index in [1.807, 2.05) is 0 Å². The molecular formula is C11H9F4NO2. The number of halogens is 4. The number of amides is 1. The average Bonchev–Trinajstić information content (AvgIpc) is 2.29. The van der Waals surface area contributed by atoms with Crippen molar-refractivity contribution in [3.05, 3.63) is 35.1 Å². The molecule has 1 amide bonds. The fraction of sp³-hybridized carbons (Fsp3) is 0.364. The molecule has 0 spiro atoms. The highest BCUT2D eigenvalue weighted by Gasteiger charge is 2.35. The van der Waals surface area contributed by atoms with Crippen LogP contribution in [0, 0.1) is 5.82 Å². The number of hydrogen-bond acceptors (Lipinski definition) is 2. The topological polar surface area (TPSA) is 38.3 Å². The first-order valence-corrected chi connectivity index (χ1v) is 5.13. The maximum Gasteiger partial charge on any atom is 0.419 e. The van der Waals surface area contributed by atoms with Gasteiger partial charge in [-0.15, -0.1) is 0 Å². The summed E-state index contributed by atoms with van der Waals surface area (Å²) in [5.74, 6) is -1.66. The summed E-state index contributed by atoms with van der Waals surface area (Å²) in [7, 11) is 0. The second kappa shape index (κ2) is 4.56. The van der Waals surface area contributed by atoms with Crippen LogP contribution in [0.25, 0.3) is 0 Å². The summed E-state index contributed by atoms with van der Waals surface area (Å²) in [6.45, 7) is -0.148. The van der Waals surface area contributed by atoms with Gasteiger partial charge in [0.2, 0.25) is 5.91 Å². The maximum absolute atomic E-state index is 13.1. The Labute approximate surface area is 99.7 Å². The molecule has 1 aromatic rings. The van der Waals surface area contributed by atoms with Gasteiger partial charge in [0.1, 0.15) is 18.5 Å². The Morgan fingerprint density at radius 2 is 2.06 bits per heavy atom. The van der Waals surface area contributed by atoms with Crippen molar-refractivity contribution in [2.24, 2.45) is 0 Å². The van der Waals surface area contributed by atoms with Crippen molar-refractivity contribution in [3.8, 4) is 0 Å². The Morgan fingerprint density at radius 3 is 2.61 bits per heavy atom. The van der Waals surface area contributed by atoms with E-state index in [0.717, 1.165) is 6.07 Å². The maximum atomic E-state index is 13.1. The number of rotatable bonds is 1. The zero-order valence-electron chi connectivity index (χ0n) is 9.05. The van der Waals surface area contributed by atoms with Crippen LogP contribution >= 0.6 is 0 Å². The third-order valence-corrected chi connectivity index (χ3v) is 2.57. The summed E-state index contributed by atoms with van der Waals surface area (Å²) in [5.41, 5.74) is -1.15. The van der Waals surface area contributed by atoms with E-state index >= 15 is 0 Å². The van der Waals surface area contributed by atoms with Gasteiger partial charge in [0, 0.05) is 6.54 Å². The number of benzene rings is 1. The van der Waals surface area contributed by atoms with Gasteiger partial charge in [-0.1, -0.05) is 6.07 Å². The van der Waals surface area contributed by atoms with Crippen LogP contribution in [0.5, 0.6) is 0 Å². The van der Waals surface area contributed by atoms with Crippen molar-refractivity contribution in [1.82, 2.24) is 5.32 Å². The molecule has 0 bridgehead atoms. The van der Waals surface area contributed by atoms with E-state index in [4.69, 9.17) is 4.74 Å². The molecule has 98 valence electrons.